The highest BCUT2D eigenvalue weighted by atomic mass is 79.9. The maximum atomic E-state index is 9.96. The van der Waals surface area contributed by atoms with E-state index in [1.165, 1.54) is 5.56 Å². The third-order valence-corrected chi connectivity index (χ3v) is 4.21. The van der Waals surface area contributed by atoms with Crippen molar-refractivity contribution in [2.45, 2.75) is 32.4 Å². The first kappa shape index (κ1) is 13.8. The van der Waals surface area contributed by atoms with Crippen LogP contribution in [-0.4, -0.2) is 36.4 Å². The Morgan fingerprint density at radius 2 is 2.17 bits per heavy atom. The molecule has 100 valence electrons. The fourth-order valence-corrected chi connectivity index (χ4v) is 2.65. The molecule has 1 heterocycles. The summed E-state index contributed by atoms with van der Waals surface area (Å²) >= 11 is 3.57. The lowest BCUT2D eigenvalue weighted by atomic mass is 10.1. The van der Waals surface area contributed by atoms with Gasteiger partial charge in [-0.05, 0) is 38.5 Å². The van der Waals surface area contributed by atoms with Gasteiger partial charge in [0.05, 0.1) is 6.10 Å². The minimum Gasteiger partial charge on any atom is -0.390 e. The van der Waals surface area contributed by atoms with Crippen LogP contribution in [0.3, 0.4) is 0 Å². The molecular formula is C14H21BrN2O. The van der Waals surface area contributed by atoms with E-state index in [2.05, 4.69) is 65.1 Å². The second-order valence-electron chi connectivity index (χ2n) is 5.73. The molecule has 0 saturated carbocycles. The molecule has 1 aliphatic heterocycles. The zero-order chi connectivity index (χ0) is 13.3. The molecule has 1 aliphatic rings. The highest BCUT2D eigenvalue weighted by Crippen LogP contribution is 2.25. The number of aliphatic hydroxyl groups is 1. The number of aryl methyl sites for hydroxylation is 1. The molecule has 0 amide bonds. The summed E-state index contributed by atoms with van der Waals surface area (Å²) in [5, 5.41) is 13.4. The third kappa shape index (κ3) is 3.25. The van der Waals surface area contributed by atoms with E-state index in [9.17, 15) is 5.11 Å². The Balaban J connectivity index is 2.26. The second kappa shape index (κ2) is 5.19. The van der Waals surface area contributed by atoms with Crippen LogP contribution in [-0.2, 0) is 0 Å². The minimum atomic E-state index is -0.327. The molecule has 0 aliphatic carbocycles. The van der Waals surface area contributed by atoms with Crippen LogP contribution in [0.1, 0.15) is 19.4 Å². The van der Waals surface area contributed by atoms with Gasteiger partial charge in [0.1, 0.15) is 0 Å². The number of hydrogen-bond acceptors (Lipinski definition) is 3. The Kier molecular flexibility index (Phi) is 3.99. The van der Waals surface area contributed by atoms with Gasteiger partial charge in [-0.2, -0.15) is 0 Å². The van der Waals surface area contributed by atoms with Crippen molar-refractivity contribution in [1.29, 1.82) is 0 Å². The SMILES string of the molecule is Cc1ccc(N2CC(O)CNC(C)(C)C2)cc1Br. The first-order valence-corrected chi connectivity index (χ1v) is 7.11. The lowest BCUT2D eigenvalue weighted by molar-refractivity contribution is 0.179. The highest BCUT2D eigenvalue weighted by molar-refractivity contribution is 9.10. The van der Waals surface area contributed by atoms with Gasteiger partial charge in [-0.25, -0.2) is 0 Å². The molecule has 4 heteroatoms. The van der Waals surface area contributed by atoms with Crippen LogP contribution in [0.2, 0.25) is 0 Å². The number of nitrogens with zero attached hydrogens (tertiary/aromatic N) is 1. The lowest BCUT2D eigenvalue weighted by Gasteiger charge is -2.31. The smallest absolute Gasteiger partial charge is 0.0839 e. The molecule has 1 aromatic carbocycles. The Morgan fingerprint density at radius 3 is 2.83 bits per heavy atom. The number of nitrogens with one attached hydrogen (secondary N) is 1. The molecule has 0 radical (unpaired) electrons. The molecule has 1 atom stereocenters. The van der Waals surface area contributed by atoms with Crippen LogP contribution >= 0.6 is 15.9 Å². The number of benzene rings is 1. The van der Waals surface area contributed by atoms with Crippen LogP contribution in [0, 0.1) is 6.92 Å². The van der Waals surface area contributed by atoms with E-state index >= 15 is 0 Å². The Labute approximate surface area is 117 Å². The average Bonchev–Trinajstić information content (AvgIpc) is 2.42. The van der Waals surface area contributed by atoms with Crippen molar-refractivity contribution < 1.29 is 5.11 Å². The van der Waals surface area contributed by atoms with E-state index in [1.807, 2.05) is 0 Å². The minimum absolute atomic E-state index is 0.00877. The summed E-state index contributed by atoms with van der Waals surface area (Å²) in [4.78, 5) is 2.24. The van der Waals surface area contributed by atoms with E-state index in [1.54, 1.807) is 0 Å². The maximum absolute atomic E-state index is 9.96. The Morgan fingerprint density at radius 1 is 1.44 bits per heavy atom. The standard InChI is InChI=1S/C14H21BrN2O/c1-10-4-5-11(6-13(10)15)17-8-12(18)7-16-14(2,3)9-17/h4-6,12,16,18H,7-9H2,1-3H3. The third-order valence-electron chi connectivity index (χ3n) is 3.35. The molecule has 1 saturated heterocycles. The van der Waals surface area contributed by atoms with Crippen molar-refractivity contribution in [1.82, 2.24) is 5.32 Å². The summed E-state index contributed by atoms with van der Waals surface area (Å²) < 4.78 is 1.12. The molecule has 3 nitrogen and oxygen atoms in total. The molecule has 1 aromatic rings. The van der Waals surface area contributed by atoms with Crippen LogP contribution < -0.4 is 10.2 Å². The molecule has 0 bridgehead atoms. The number of anilines is 1. The zero-order valence-electron chi connectivity index (χ0n) is 11.2. The molecule has 18 heavy (non-hydrogen) atoms. The first-order chi connectivity index (χ1) is 8.37. The summed E-state index contributed by atoms with van der Waals surface area (Å²) in [5.74, 6) is 0. The quantitative estimate of drug-likeness (QED) is 0.835. The summed E-state index contributed by atoms with van der Waals surface area (Å²) in [7, 11) is 0. The normalized spacial score (nSPS) is 23.8. The monoisotopic (exact) mass is 312 g/mol. The van der Waals surface area contributed by atoms with Gasteiger partial charge in [-0.3, -0.25) is 0 Å². The highest BCUT2D eigenvalue weighted by Gasteiger charge is 2.27. The van der Waals surface area contributed by atoms with E-state index in [-0.39, 0.29) is 11.6 Å². The Hall–Kier alpha value is -0.580. The van der Waals surface area contributed by atoms with Gasteiger partial charge in [0, 0.05) is 35.3 Å². The van der Waals surface area contributed by atoms with Crippen molar-refractivity contribution in [2.24, 2.45) is 0 Å². The maximum Gasteiger partial charge on any atom is 0.0839 e. The van der Waals surface area contributed by atoms with E-state index in [0.29, 0.717) is 13.1 Å². The van der Waals surface area contributed by atoms with E-state index in [4.69, 9.17) is 0 Å². The number of aliphatic hydroxyl groups excluding tert-OH is 1. The summed E-state index contributed by atoms with van der Waals surface area (Å²) in [6.07, 6.45) is -0.327. The van der Waals surface area contributed by atoms with Crippen molar-refractivity contribution in [2.75, 3.05) is 24.5 Å². The average molecular weight is 313 g/mol. The number of β-amino-alcohol motifs (C(OH)–C–C–N with tert-alkyl or cyclic N) is 1. The van der Waals surface area contributed by atoms with E-state index in [0.717, 1.165) is 16.7 Å². The van der Waals surface area contributed by atoms with E-state index < -0.39 is 0 Å². The van der Waals surface area contributed by atoms with Crippen LogP contribution in [0.5, 0.6) is 0 Å². The van der Waals surface area contributed by atoms with Crippen LogP contribution in [0.15, 0.2) is 22.7 Å². The summed E-state index contributed by atoms with van der Waals surface area (Å²) in [6, 6.07) is 6.36. The van der Waals surface area contributed by atoms with Crippen molar-refractivity contribution in [3.8, 4) is 0 Å². The van der Waals surface area contributed by atoms with Gasteiger partial charge >= 0.3 is 0 Å². The lowest BCUT2D eigenvalue weighted by Crippen LogP contribution is -2.46. The van der Waals surface area contributed by atoms with Crippen LogP contribution in [0.4, 0.5) is 5.69 Å². The fourth-order valence-electron chi connectivity index (χ4n) is 2.29. The molecular weight excluding hydrogens is 292 g/mol. The largest absolute Gasteiger partial charge is 0.390 e. The molecule has 0 spiro atoms. The topological polar surface area (TPSA) is 35.5 Å². The molecule has 2 rings (SSSR count). The van der Waals surface area contributed by atoms with Gasteiger partial charge in [-0.1, -0.05) is 22.0 Å². The Bertz CT molecular complexity index is 434. The van der Waals surface area contributed by atoms with Crippen molar-refractivity contribution in [3.05, 3.63) is 28.2 Å². The number of hydrogen-bond donors (Lipinski definition) is 2. The van der Waals surface area contributed by atoms with Gasteiger partial charge in [0.15, 0.2) is 0 Å². The molecule has 1 fully saturated rings. The molecule has 1 unspecified atom stereocenters. The second-order valence-corrected chi connectivity index (χ2v) is 6.59. The zero-order valence-corrected chi connectivity index (χ0v) is 12.8. The number of rotatable bonds is 1. The van der Waals surface area contributed by atoms with Crippen molar-refractivity contribution >= 4 is 21.6 Å². The number of halogens is 1. The van der Waals surface area contributed by atoms with Gasteiger partial charge < -0.3 is 15.3 Å². The fraction of sp³-hybridized carbons (Fsp3) is 0.571. The summed E-state index contributed by atoms with van der Waals surface area (Å²) in [6.45, 7) is 8.63. The molecule has 0 aromatic heterocycles. The van der Waals surface area contributed by atoms with Crippen molar-refractivity contribution in [3.63, 3.8) is 0 Å². The predicted octanol–water partition coefficient (Wildman–Crippen LogP) is 2.31. The van der Waals surface area contributed by atoms with Gasteiger partial charge in [-0.15, -0.1) is 0 Å². The molecule has 2 N–H and O–H groups in total. The van der Waals surface area contributed by atoms with Crippen LogP contribution in [0.25, 0.3) is 0 Å². The van der Waals surface area contributed by atoms with Gasteiger partial charge in [0.2, 0.25) is 0 Å². The summed E-state index contributed by atoms with van der Waals surface area (Å²) in [5.41, 5.74) is 2.39. The van der Waals surface area contributed by atoms with Gasteiger partial charge in [0.25, 0.3) is 0 Å². The first-order valence-electron chi connectivity index (χ1n) is 6.31. The predicted molar refractivity (Wildman–Crippen MR) is 79.2 cm³/mol.